The number of carbonyl (C=O) groups excluding carboxylic acids is 1. The van der Waals surface area contributed by atoms with Crippen LogP contribution < -0.4 is 11.1 Å². The van der Waals surface area contributed by atoms with Gasteiger partial charge in [0.05, 0.1) is 23.2 Å². The minimum atomic E-state index is -0.0151. The van der Waals surface area contributed by atoms with E-state index in [9.17, 15) is 4.79 Å². The molecule has 0 saturated carbocycles. The average molecular weight is 317 g/mol. The van der Waals surface area contributed by atoms with Gasteiger partial charge in [0.15, 0.2) is 0 Å². The molecule has 0 radical (unpaired) electrons. The molecule has 20 heavy (non-hydrogen) atoms. The summed E-state index contributed by atoms with van der Waals surface area (Å²) in [6.45, 7) is 0.859. The fraction of sp³-hybridized carbons (Fsp3) is 0.500. The molecule has 1 heterocycles. The van der Waals surface area contributed by atoms with Gasteiger partial charge in [-0.1, -0.05) is 12.1 Å². The summed E-state index contributed by atoms with van der Waals surface area (Å²) in [5, 5.41) is 2.82. The van der Waals surface area contributed by atoms with Crippen molar-refractivity contribution in [3.8, 4) is 0 Å². The van der Waals surface area contributed by atoms with E-state index in [1.54, 1.807) is 17.8 Å². The van der Waals surface area contributed by atoms with E-state index in [0.717, 1.165) is 25.2 Å². The van der Waals surface area contributed by atoms with E-state index in [4.69, 9.17) is 10.5 Å². The molecule has 6 heteroatoms. The fourth-order valence-corrected chi connectivity index (χ4v) is 2.92. The Hall–Kier alpha value is -0.910. The van der Waals surface area contributed by atoms with Crippen molar-refractivity contribution in [3.63, 3.8) is 0 Å². The van der Waals surface area contributed by atoms with Gasteiger partial charge < -0.3 is 15.8 Å². The summed E-state index contributed by atoms with van der Waals surface area (Å²) >= 11 is 1.62. The van der Waals surface area contributed by atoms with E-state index in [0.29, 0.717) is 23.2 Å². The SMILES string of the molecule is Cl.Nc1ccccc1NC(=O)CSCC1CCCCO1. The maximum absolute atomic E-state index is 11.8. The molecule has 1 amide bonds. The third-order valence-electron chi connectivity index (χ3n) is 3.05. The molecule has 0 spiro atoms. The third-order valence-corrected chi connectivity index (χ3v) is 4.12. The van der Waals surface area contributed by atoms with Crippen molar-refractivity contribution in [2.24, 2.45) is 0 Å². The Bertz CT molecular complexity index is 425. The average Bonchev–Trinajstić information content (AvgIpc) is 2.43. The van der Waals surface area contributed by atoms with Crippen molar-refractivity contribution in [3.05, 3.63) is 24.3 Å². The Morgan fingerprint density at radius 1 is 1.40 bits per heavy atom. The van der Waals surface area contributed by atoms with Crippen LogP contribution in [0.3, 0.4) is 0 Å². The second-order valence-electron chi connectivity index (χ2n) is 4.64. The highest BCUT2D eigenvalue weighted by Crippen LogP contribution is 2.19. The normalized spacial score (nSPS) is 18.1. The molecule has 1 aromatic rings. The van der Waals surface area contributed by atoms with E-state index < -0.39 is 0 Å². The number of halogens is 1. The second-order valence-corrected chi connectivity index (χ2v) is 5.67. The highest BCUT2D eigenvalue weighted by molar-refractivity contribution is 8.00. The van der Waals surface area contributed by atoms with Gasteiger partial charge in [0.25, 0.3) is 0 Å². The number of rotatable bonds is 5. The van der Waals surface area contributed by atoms with Gasteiger partial charge in [0.1, 0.15) is 0 Å². The minimum Gasteiger partial charge on any atom is -0.397 e. The number of amides is 1. The molecular formula is C14H21ClN2O2S. The van der Waals surface area contributed by atoms with Gasteiger partial charge in [-0.2, -0.15) is 0 Å². The minimum absolute atomic E-state index is 0. The van der Waals surface area contributed by atoms with E-state index in [2.05, 4.69) is 5.32 Å². The van der Waals surface area contributed by atoms with Crippen molar-refractivity contribution in [2.45, 2.75) is 25.4 Å². The molecule has 2 rings (SSSR count). The Morgan fingerprint density at radius 3 is 2.90 bits per heavy atom. The number of nitrogen functional groups attached to an aromatic ring is 1. The maximum atomic E-state index is 11.8. The van der Waals surface area contributed by atoms with E-state index in [1.807, 2.05) is 18.2 Å². The lowest BCUT2D eigenvalue weighted by molar-refractivity contribution is -0.113. The lowest BCUT2D eigenvalue weighted by Gasteiger charge is -2.21. The Kier molecular flexibility index (Phi) is 7.80. The summed E-state index contributed by atoms with van der Waals surface area (Å²) in [7, 11) is 0. The molecule has 1 aromatic carbocycles. The van der Waals surface area contributed by atoms with Gasteiger partial charge in [0, 0.05) is 12.4 Å². The molecule has 0 aromatic heterocycles. The number of ether oxygens (including phenoxy) is 1. The summed E-state index contributed by atoms with van der Waals surface area (Å²) in [5.74, 6) is 1.31. The fourth-order valence-electron chi connectivity index (χ4n) is 2.02. The van der Waals surface area contributed by atoms with Crippen LogP contribution in [0.15, 0.2) is 24.3 Å². The van der Waals surface area contributed by atoms with Crippen LogP contribution in [0.25, 0.3) is 0 Å². The number of anilines is 2. The van der Waals surface area contributed by atoms with E-state index in [1.165, 1.54) is 6.42 Å². The standard InChI is InChI=1S/C14H20N2O2S.ClH/c15-12-6-1-2-7-13(12)16-14(17)10-19-9-11-5-3-4-8-18-11;/h1-2,6-7,11H,3-5,8-10,15H2,(H,16,17);1H. The summed E-state index contributed by atoms with van der Waals surface area (Å²) in [6, 6.07) is 7.29. The van der Waals surface area contributed by atoms with Gasteiger partial charge in [-0.3, -0.25) is 4.79 Å². The first kappa shape index (κ1) is 17.1. The first-order valence-corrected chi connectivity index (χ1v) is 7.75. The van der Waals surface area contributed by atoms with E-state index in [-0.39, 0.29) is 18.3 Å². The molecule has 1 aliphatic rings. The predicted octanol–water partition coefficient (Wildman–Crippen LogP) is 2.93. The predicted molar refractivity (Wildman–Crippen MR) is 87.6 cm³/mol. The first-order valence-electron chi connectivity index (χ1n) is 6.59. The zero-order valence-electron chi connectivity index (χ0n) is 11.3. The van der Waals surface area contributed by atoms with Gasteiger partial charge in [-0.05, 0) is 31.4 Å². The van der Waals surface area contributed by atoms with Crippen molar-refractivity contribution >= 4 is 41.5 Å². The van der Waals surface area contributed by atoms with Crippen LogP contribution in [0.4, 0.5) is 11.4 Å². The Labute approximate surface area is 130 Å². The number of hydrogen-bond donors (Lipinski definition) is 2. The highest BCUT2D eigenvalue weighted by atomic mass is 35.5. The van der Waals surface area contributed by atoms with Gasteiger partial charge in [0.2, 0.25) is 5.91 Å². The van der Waals surface area contributed by atoms with Crippen molar-refractivity contribution in [1.29, 1.82) is 0 Å². The van der Waals surface area contributed by atoms with Crippen molar-refractivity contribution in [1.82, 2.24) is 0 Å². The highest BCUT2D eigenvalue weighted by Gasteiger charge is 2.14. The van der Waals surface area contributed by atoms with Gasteiger partial charge >= 0.3 is 0 Å². The topological polar surface area (TPSA) is 64.3 Å². The molecule has 3 N–H and O–H groups in total. The van der Waals surface area contributed by atoms with Gasteiger partial charge in [-0.15, -0.1) is 24.2 Å². The van der Waals surface area contributed by atoms with Crippen LogP contribution in [0, 0.1) is 0 Å². The molecule has 1 atom stereocenters. The monoisotopic (exact) mass is 316 g/mol. The number of hydrogen-bond acceptors (Lipinski definition) is 4. The van der Waals surface area contributed by atoms with Crippen LogP contribution >= 0.6 is 24.2 Å². The van der Waals surface area contributed by atoms with E-state index >= 15 is 0 Å². The smallest absolute Gasteiger partial charge is 0.234 e. The maximum Gasteiger partial charge on any atom is 0.234 e. The number of thioether (sulfide) groups is 1. The van der Waals surface area contributed by atoms with Crippen LogP contribution in [-0.2, 0) is 9.53 Å². The largest absolute Gasteiger partial charge is 0.397 e. The Balaban J connectivity index is 0.00000200. The Morgan fingerprint density at radius 2 is 2.20 bits per heavy atom. The van der Waals surface area contributed by atoms with Gasteiger partial charge in [-0.25, -0.2) is 0 Å². The number of nitrogens with one attached hydrogen (secondary N) is 1. The molecule has 4 nitrogen and oxygen atoms in total. The molecule has 0 aliphatic carbocycles. The molecule has 1 aliphatic heterocycles. The zero-order valence-corrected chi connectivity index (χ0v) is 13.0. The molecule has 0 bridgehead atoms. The quantitative estimate of drug-likeness (QED) is 0.820. The lowest BCUT2D eigenvalue weighted by Crippen LogP contribution is -2.23. The third kappa shape index (κ3) is 5.61. The number of benzene rings is 1. The molecular weight excluding hydrogens is 296 g/mol. The number of carbonyl (C=O) groups is 1. The van der Waals surface area contributed by atoms with Crippen LogP contribution in [0.2, 0.25) is 0 Å². The second kappa shape index (κ2) is 9.10. The molecule has 112 valence electrons. The summed E-state index contributed by atoms with van der Waals surface area (Å²) in [5.41, 5.74) is 7.05. The van der Waals surface area contributed by atoms with Crippen LogP contribution in [0.1, 0.15) is 19.3 Å². The first-order chi connectivity index (χ1) is 9.25. The van der Waals surface area contributed by atoms with Crippen LogP contribution in [-0.4, -0.2) is 30.1 Å². The van der Waals surface area contributed by atoms with Crippen molar-refractivity contribution in [2.75, 3.05) is 29.2 Å². The number of para-hydroxylation sites is 2. The number of nitrogens with two attached hydrogens (primary N) is 1. The van der Waals surface area contributed by atoms with Crippen molar-refractivity contribution < 1.29 is 9.53 Å². The zero-order chi connectivity index (χ0) is 13.5. The lowest BCUT2D eigenvalue weighted by atomic mass is 10.1. The summed E-state index contributed by atoms with van der Waals surface area (Å²) in [4.78, 5) is 11.8. The summed E-state index contributed by atoms with van der Waals surface area (Å²) in [6.07, 6.45) is 3.82. The van der Waals surface area contributed by atoms with Crippen LogP contribution in [0.5, 0.6) is 0 Å². The molecule has 1 fully saturated rings. The molecule has 1 saturated heterocycles. The summed E-state index contributed by atoms with van der Waals surface area (Å²) < 4.78 is 5.62. The molecule has 1 unspecified atom stereocenters.